The molecule has 1 N–H and O–H groups in total. The fourth-order valence-electron chi connectivity index (χ4n) is 4.99. The highest BCUT2D eigenvalue weighted by molar-refractivity contribution is 5.96. The first-order valence-corrected chi connectivity index (χ1v) is 12.5. The van der Waals surface area contributed by atoms with Gasteiger partial charge in [-0.1, -0.05) is 69.9 Å². The van der Waals surface area contributed by atoms with Crippen molar-refractivity contribution < 1.29 is 18.7 Å². The van der Waals surface area contributed by atoms with Crippen molar-refractivity contribution in [2.45, 2.75) is 84.0 Å². The number of halogens is 2. The van der Waals surface area contributed by atoms with Gasteiger partial charge < -0.3 is 5.11 Å². The molecular formula is C29H36F2O2. The number of carboxylic acid groups (broad SMARTS) is 1. The van der Waals surface area contributed by atoms with Crippen molar-refractivity contribution in [2.75, 3.05) is 0 Å². The summed E-state index contributed by atoms with van der Waals surface area (Å²) < 4.78 is 28.6. The van der Waals surface area contributed by atoms with Gasteiger partial charge in [-0.3, -0.25) is 0 Å². The van der Waals surface area contributed by atoms with Crippen LogP contribution in [0.1, 0.15) is 105 Å². The molecule has 178 valence electrons. The van der Waals surface area contributed by atoms with E-state index in [4.69, 9.17) is 0 Å². The zero-order valence-electron chi connectivity index (χ0n) is 19.9. The smallest absolute Gasteiger partial charge is 0.336 e. The minimum atomic E-state index is -1.08. The number of hydrogen-bond acceptors (Lipinski definition) is 1. The maximum absolute atomic E-state index is 14.5. The summed E-state index contributed by atoms with van der Waals surface area (Å²) in [6, 6.07) is 12.1. The van der Waals surface area contributed by atoms with Crippen molar-refractivity contribution in [1.29, 1.82) is 0 Å². The van der Waals surface area contributed by atoms with E-state index < -0.39 is 17.6 Å². The number of rotatable bonds is 10. The predicted octanol–water partition coefficient (Wildman–Crippen LogP) is 9.31. The molecule has 4 heteroatoms. The summed E-state index contributed by atoms with van der Waals surface area (Å²) in [5.74, 6) is -1.41. The molecule has 2 nitrogen and oxygen atoms in total. The second-order valence-electron chi connectivity index (χ2n) is 9.37. The Labute approximate surface area is 196 Å². The van der Waals surface area contributed by atoms with Crippen molar-refractivity contribution >= 4 is 11.8 Å². The summed E-state index contributed by atoms with van der Waals surface area (Å²) in [6.45, 7) is 4.03. The number of carboxylic acids is 1. The van der Waals surface area contributed by atoms with Gasteiger partial charge >= 0.3 is 5.97 Å². The molecule has 33 heavy (non-hydrogen) atoms. The molecular weight excluding hydrogens is 418 g/mol. The normalized spacial score (nSPS) is 19.3. The molecule has 2 aromatic rings. The highest BCUT2D eigenvalue weighted by Crippen LogP contribution is 2.39. The Balaban J connectivity index is 1.78. The van der Waals surface area contributed by atoms with Crippen LogP contribution in [0.25, 0.3) is 17.0 Å². The second kappa shape index (κ2) is 12.1. The van der Waals surface area contributed by atoms with Gasteiger partial charge in [0.2, 0.25) is 0 Å². The number of hydrogen-bond donors (Lipinski definition) is 1. The molecule has 1 aliphatic rings. The lowest BCUT2D eigenvalue weighted by Gasteiger charge is -2.29. The molecule has 1 aliphatic carbocycles. The maximum Gasteiger partial charge on any atom is 0.336 e. The van der Waals surface area contributed by atoms with Gasteiger partial charge in [0.25, 0.3) is 0 Å². The monoisotopic (exact) mass is 454 g/mol. The number of aromatic carboxylic acids is 1. The van der Waals surface area contributed by atoms with Crippen LogP contribution in [0, 0.1) is 5.92 Å². The summed E-state index contributed by atoms with van der Waals surface area (Å²) in [6.07, 6.45) is 10.7. The van der Waals surface area contributed by atoms with E-state index >= 15 is 0 Å². The lowest BCUT2D eigenvalue weighted by Crippen LogP contribution is -2.13. The highest BCUT2D eigenvalue weighted by Gasteiger charge is 2.22. The third-order valence-corrected chi connectivity index (χ3v) is 6.97. The largest absolute Gasteiger partial charge is 0.478 e. The van der Waals surface area contributed by atoms with Crippen LogP contribution in [0.5, 0.6) is 0 Å². The van der Waals surface area contributed by atoms with Crippen LogP contribution in [0.3, 0.4) is 0 Å². The van der Waals surface area contributed by atoms with E-state index in [9.17, 15) is 18.7 Å². The van der Waals surface area contributed by atoms with Gasteiger partial charge in [-0.25, -0.2) is 13.6 Å². The van der Waals surface area contributed by atoms with Crippen molar-refractivity contribution in [2.24, 2.45) is 5.92 Å². The van der Waals surface area contributed by atoms with Gasteiger partial charge in [0.05, 0.1) is 5.56 Å². The van der Waals surface area contributed by atoms with Crippen LogP contribution >= 0.6 is 0 Å². The molecule has 0 spiro atoms. The van der Waals surface area contributed by atoms with E-state index in [0.717, 1.165) is 5.92 Å². The van der Waals surface area contributed by atoms with Gasteiger partial charge in [-0.2, -0.15) is 0 Å². The maximum atomic E-state index is 14.5. The first-order valence-electron chi connectivity index (χ1n) is 12.5. The Hall–Kier alpha value is -2.49. The summed E-state index contributed by atoms with van der Waals surface area (Å²) in [7, 11) is 0. The third-order valence-electron chi connectivity index (χ3n) is 6.97. The molecule has 3 rings (SSSR count). The van der Waals surface area contributed by atoms with Crippen LogP contribution < -0.4 is 0 Å². The van der Waals surface area contributed by atoms with E-state index in [1.807, 2.05) is 12.1 Å². The predicted molar refractivity (Wildman–Crippen MR) is 132 cm³/mol. The lowest BCUT2D eigenvalue weighted by molar-refractivity contribution is 0.0697. The van der Waals surface area contributed by atoms with E-state index in [0.29, 0.717) is 23.5 Å². The summed E-state index contributed by atoms with van der Waals surface area (Å²) in [4.78, 5) is 11.8. The average molecular weight is 455 g/mol. The zero-order valence-corrected chi connectivity index (χ0v) is 19.9. The number of allylic oxidation sites excluding steroid dienone is 1. The molecule has 0 saturated heterocycles. The third kappa shape index (κ3) is 6.52. The Morgan fingerprint density at radius 2 is 1.64 bits per heavy atom. The van der Waals surface area contributed by atoms with Crippen molar-refractivity contribution in [3.05, 3.63) is 65.0 Å². The van der Waals surface area contributed by atoms with Crippen molar-refractivity contribution in [3.63, 3.8) is 0 Å². The minimum Gasteiger partial charge on any atom is -0.478 e. The van der Waals surface area contributed by atoms with E-state index in [2.05, 4.69) is 19.1 Å². The van der Waals surface area contributed by atoms with Crippen molar-refractivity contribution in [3.8, 4) is 11.1 Å². The first-order chi connectivity index (χ1) is 15.9. The molecule has 0 bridgehead atoms. The highest BCUT2D eigenvalue weighted by atomic mass is 19.2. The van der Waals surface area contributed by atoms with E-state index in [1.54, 1.807) is 6.92 Å². The fourth-order valence-corrected chi connectivity index (χ4v) is 4.99. The number of carbonyl (C=O) groups is 1. The summed E-state index contributed by atoms with van der Waals surface area (Å²) >= 11 is 0. The number of unbranched alkanes of at least 4 members (excludes halogenated alkanes) is 2. The second-order valence-corrected chi connectivity index (χ2v) is 9.37. The molecule has 0 unspecified atom stereocenters. The van der Waals surface area contributed by atoms with Crippen LogP contribution in [-0.4, -0.2) is 11.1 Å². The van der Waals surface area contributed by atoms with Crippen LogP contribution in [-0.2, 0) is 0 Å². The Morgan fingerprint density at radius 3 is 2.24 bits per heavy atom. The molecule has 0 aromatic heterocycles. The lowest BCUT2D eigenvalue weighted by atomic mass is 9.77. The zero-order chi connectivity index (χ0) is 23.8. The standard InChI is InChI=1S/C29H36F2O2/c1-3-5-6-8-20-9-11-21(12-10-20)22-13-15-23(16-14-22)26-19-24(17-18-25(26)29(32)33)28(31)27(30)7-4-2/h13-21H,3-12H2,1-2H3,(H,32,33)/b28-27+. The molecule has 0 amide bonds. The van der Waals surface area contributed by atoms with Gasteiger partial charge in [0, 0.05) is 12.0 Å². The Kier molecular flexibility index (Phi) is 9.22. The molecule has 1 saturated carbocycles. The van der Waals surface area contributed by atoms with Gasteiger partial charge in [0.1, 0.15) is 5.83 Å². The quantitative estimate of drug-likeness (QED) is 0.363. The van der Waals surface area contributed by atoms with Crippen LogP contribution in [0.2, 0.25) is 0 Å². The van der Waals surface area contributed by atoms with E-state index in [1.165, 1.54) is 75.1 Å². The Morgan fingerprint density at radius 1 is 0.939 bits per heavy atom. The molecule has 0 aliphatic heterocycles. The molecule has 0 radical (unpaired) electrons. The first kappa shape index (κ1) is 25.1. The van der Waals surface area contributed by atoms with Crippen LogP contribution in [0.15, 0.2) is 48.3 Å². The van der Waals surface area contributed by atoms with Gasteiger partial charge in [-0.05, 0) is 72.8 Å². The molecule has 1 fully saturated rings. The average Bonchev–Trinajstić information content (AvgIpc) is 2.84. The SMILES string of the molecule is CCCCCC1CCC(c2ccc(-c3cc(/C(F)=C(\F)CCC)ccc3C(=O)O)cc2)CC1. The van der Waals surface area contributed by atoms with E-state index in [-0.39, 0.29) is 17.5 Å². The number of benzene rings is 2. The molecule has 0 atom stereocenters. The van der Waals surface area contributed by atoms with Crippen LogP contribution in [0.4, 0.5) is 8.78 Å². The summed E-state index contributed by atoms with van der Waals surface area (Å²) in [5.41, 5.74) is 2.55. The topological polar surface area (TPSA) is 37.3 Å². The van der Waals surface area contributed by atoms with Gasteiger partial charge in [-0.15, -0.1) is 0 Å². The fraction of sp³-hybridized carbons (Fsp3) is 0.483. The summed E-state index contributed by atoms with van der Waals surface area (Å²) in [5, 5.41) is 9.63. The minimum absolute atomic E-state index is 0.0252. The van der Waals surface area contributed by atoms with Gasteiger partial charge in [0.15, 0.2) is 5.83 Å². The molecule has 2 aromatic carbocycles. The Bertz CT molecular complexity index is 954. The van der Waals surface area contributed by atoms with Crippen molar-refractivity contribution in [1.82, 2.24) is 0 Å². The molecule has 0 heterocycles.